The highest BCUT2D eigenvalue weighted by Gasteiger charge is 2.27. The quantitative estimate of drug-likeness (QED) is 0.944. The van der Waals surface area contributed by atoms with E-state index in [0.717, 1.165) is 5.56 Å². The molecule has 0 saturated carbocycles. The van der Waals surface area contributed by atoms with Crippen molar-refractivity contribution in [2.75, 3.05) is 18.0 Å². The van der Waals surface area contributed by atoms with Crippen molar-refractivity contribution in [3.05, 3.63) is 46.3 Å². The molecule has 0 radical (unpaired) electrons. The first-order valence-corrected chi connectivity index (χ1v) is 7.70. The number of carboxylic acids is 1. The lowest BCUT2D eigenvalue weighted by atomic mass is 10.1. The topological polar surface area (TPSA) is 62.7 Å². The molecule has 0 aliphatic carbocycles. The largest absolute Gasteiger partial charge is 0.477 e. The van der Waals surface area contributed by atoms with Gasteiger partial charge < -0.3 is 14.7 Å². The number of nitrogens with zero attached hydrogens (tertiary/aromatic N) is 2. The first-order valence-electron chi connectivity index (χ1n) is 6.76. The van der Waals surface area contributed by atoms with Crippen LogP contribution in [0.4, 0.5) is 5.82 Å². The third-order valence-corrected chi connectivity index (χ3v) is 4.15. The number of pyridine rings is 1. The predicted octanol–water partition coefficient (Wildman–Crippen LogP) is 2.81. The van der Waals surface area contributed by atoms with Crippen molar-refractivity contribution in [2.24, 2.45) is 0 Å². The molecule has 0 spiro atoms. The van der Waals surface area contributed by atoms with Crippen LogP contribution in [-0.4, -0.2) is 35.3 Å². The van der Waals surface area contributed by atoms with Gasteiger partial charge in [-0.2, -0.15) is 11.3 Å². The van der Waals surface area contributed by atoms with Crippen molar-refractivity contribution in [1.29, 1.82) is 0 Å². The molecule has 2 aromatic rings. The van der Waals surface area contributed by atoms with E-state index < -0.39 is 5.97 Å². The number of carboxylic acid groups (broad SMARTS) is 1. The van der Waals surface area contributed by atoms with Gasteiger partial charge in [-0.1, -0.05) is 6.07 Å². The average molecular weight is 304 g/mol. The van der Waals surface area contributed by atoms with E-state index in [1.54, 1.807) is 17.4 Å². The number of thiophene rings is 1. The molecule has 21 heavy (non-hydrogen) atoms. The van der Waals surface area contributed by atoms with Crippen molar-refractivity contribution >= 4 is 23.1 Å². The third kappa shape index (κ3) is 3.06. The molecule has 2 unspecified atom stereocenters. The lowest BCUT2D eigenvalue weighted by Gasteiger charge is -2.37. The van der Waals surface area contributed by atoms with Gasteiger partial charge >= 0.3 is 5.97 Å². The molecule has 0 amide bonds. The fourth-order valence-corrected chi connectivity index (χ4v) is 3.20. The third-order valence-electron chi connectivity index (χ3n) is 3.45. The Hall–Kier alpha value is -1.92. The summed E-state index contributed by atoms with van der Waals surface area (Å²) in [4.78, 5) is 17.4. The maximum absolute atomic E-state index is 11.0. The fourth-order valence-electron chi connectivity index (χ4n) is 2.50. The first-order chi connectivity index (χ1) is 10.1. The first kappa shape index (κ1) is 14.0. The van der Waals surface area contributed by atoms with E-state index in [2.05, 4.69) is 21.3 Å². The number of aromatic carboxylic acids is 1. The normalized spacial score (nSPS) is 22.2. The number of carbonyl (C=O) groups is 1. The Labute approximate surface area is 126 Å². The molecule has 1 N–H and O–H groups in total. The van der Waals surface area contributed by atoms with Crippen LogP contribution in [0.1, 0.15) is 29.1 Å². The van der Waals surface area contributed by atoms with Gasteiger partial charge in [0.2, 0.25) is 0 Å². The molecule has 1 aliphatic heterocycles. The van der Waals surface area contributed by atoms with Crippen LogP contribution in [0.3, 0.4) is 0 Å². The summed E-state index contributed by atoms with van der Waals surface area (Å²) < 4.78 is 5.98. The number of morpholine rings is 1. The van der Waals surface area contributed by atoms with Crippen LogP contribution in [0.2, 0.25) is 0 Å². The molecule has 1 fully saturated rings. The Morgan fingerprint density at radius 1 is 1.43 bits per heavy atom. The number of anilines is 1. The summed E-state index contributed by atoms with van der Waals surface area (Å²) in [7, 11) is 0. The van der Waals surface area contributed by atoms with Gasteiger partial charge in [-0.3, -0.25) is 0 Å². The van der Waals surface area contributed by atoms with E-state index in [1.807, 2.05) is 18.4 Å². The zero-order chi connectivity index (χ0) is 14.8. The fraction of sp³-hybridized carbons (Fsp3) is 0.333. The summed E-state index contributed by atoms with van der Waals surface area (Å²) in [5.41, 5.74) is 1.23. The van der Waals surface area contributed by atoms with Crippen LogP contribution < -0.4 is 4.90 Å². The Morgan fingerprint density at radius 3 is 3.00 bits per heavy atom. The van der Waals surface area contributed by atoms with E-state index in [-0.39, 0.29) is 17.9 Å². The molecule has 1 saturated heterocycles. The summed E-state index contributed by atoms with van der Waals surface area (Å²) in [6, 6.07) is 7.14. The van der Waals surface area contributed by atoms with Gasteiger partial charge in [0.1, 0.15) is 11.9 Å². The summed E-state index contributed by atoms with van der Waals surface area (Å²) in [5.74, 6) is -0.321. The minimum Gasteiger partial charge on any atom is -0.477 e. The molecule has 1 aliphatic rings. The standard InChI is InChI=1S/C15H16N2O3S/c1-10-7-17(8-13(20-10)11-5-6-21-9-11)14-4-2-3-12(16-14)15(18)19/h2-6,9-10,13H,7-8H2,1H3,(H,18,19). The summed E-state index contributed by atoms with van der Waals surface area (Å²) in [5, 5.41) is 13.2. The SMILES string of the molecule is CC1CN(c2cccc(C(=O)O)n2)CC(c2ccsc2)O1. The van der Waals surface area contributed by atoms with E-state index in [9.17, 15) is 4.79 Å². The van der Waals surface area contributed by atoms with Gasteiger partial charge in [0.05, 0.1) is 6.10 Å². The maximum atomic E-state index is 11.0. The van der Waals surface area contributed by atoms with Crippen molar-refractivity contribution in [3.63, 3.8) is 0 Å². The monoisotopic (exact) mass is 304 g/mol. The van der Waals surface area contributed by atoms with Gasteiger partial charge in [0.25, 0.3) is 0 Å². The second-order valence-electron chi connectivity index (χ2n) is 5.08. The number of ether oxygens (including phenoxy) is 1. The molecule has 5 nitrogen and oxygen atoms in total. The van der Waals surface area contributed by atoms with Crippen molar-refractivity contribution < 1.29 is 14.6 Å². The number of rotatable bonds is 3. The lowest BCUT2D eigenvalue weighted by molar-refractivity contribution is -0.0174. The smallest absolute Gasteiger partial charge is 0.354 e. The van der Waals surface area contributed by atoms with E-state index in [1.165, 1.54) is 6.07 Å². The van der Waals surface area contributed by atoms with E-state index in [4.69, 9.17) is 9.84 Å². The molecule has 110 valence electrons. The minimum atomic E-state index is -1.01. The highest BCUT2D eigenvalue weighted by molar-refractivity contribution is 7.07. The second kappa shape index (κ2) is 5.83. The van der Waals surface area contributed by atoms with Crippen molar-refractivity contribution in [3.8, 4) is 0 Å². The number of aromatic nitrogens is 1. The van der Waals surface area contributed by atoms with Crippen LogP contribution >= 0.6 is 11.3 Å². The van der Waals surface area contributed by atoms with Crippen molar-refractivity contribution in [1.82, 2.24) is 4.98 Å². The molecule has 2 aromatic heterocycles. The van der Waals surface area contributed by atoms with E-state index >= 15 is 0 Å². The van der Waals surface area contributed by atoms with Crippen LogP contribution in [0.25, 0.3) is 0 Å². The van der Waals surface area contributed by atoms with Crippen LogP contribution in [-0.2, 0) is 4.74 Å². The molecule has 2 atom stereocenters. The Kier molecular flexibility index (Phi) is 3.90. The molecule has 3 rings (SSSR count). The molecular formula is C15H16N2O3S. The summed E-state index contributed by atoms with van der Waals surface area (Å²) in [6.45, 7) is 3.40. The minimum absolute atomic E-state index is 0.00437. The van der Waals surface area contributed by atoms with Crippen molar-refractivity contribution in [2.45, 2.75) is 19.1 Å². The van der Waals surface area contributed by atoms with Gasteiger partial charge in [0.15, 0.2) is 5.69 Å². The molecule has 6 heteroatoms. The van der Waals surface area contributed by atoms with Gasteiger partial charge in [-0.05, 0) is 41.4 Å². The average Bonchev–Trinajstić information content (AvgIpc) is 3.01. The second-order valence-corrected chi connectivity index (χ2v) is 5.86. The van der Waals surface area contributed by atoms with Gasteiger partial charge in [-0.15, -0.1) is 0 Å². The van der Waals surface area contributed by atoms with Crippen LogP contribution in [0, 0.1) is 0 Å². The van der Waals surface area contributed by atoms with Gasteiger partial charge in [-0.25, -0.2) is 9.78 Å². The van der Waals surface area contributed by atoms with Crippen LogP contribution in [0.15, 0.2) is 35.0 Å². The summed E-state index contributed by atoms with van der Waals surface area (Å²) in [6.07, 6.45) is 0.0641. The Balaban J connectivity index is 1.84. The van der Waals surface area contributed by atoms with Crippen LogP contribution in [0.5, 0.6) is 0 Å². The zero-order valence-corrected chi connectivity index (χ0v) is 12.4. The zero-order valence-electron chi connectivity index (χ0n) is 11.6. The number of hydrogen-bond donors (Lipinski definition) is 1. The number of hydrogen-bond acceptors (Lipinski definition) is 5. The molecule has 3 heterocycles. The van der Waals surface area contributed by atoms with Gasteiger partial charge in [0, 0.05) is 13.1 Å². The molecule has 0 bridgehead atoms. The molecular weight excluding hydrogens is 288 g/mol. The summed E-state index contributed by atoms with van der Waals surface area (Å²) >= 11 is 1.65. The maximum Gasteiger partial charge on any atom is 0.354 e. The highest BCUT2D eigenvalue weighted by Crippen LogP contribution is 2.29. The predicted molar refractivity (Wildman–Crippen MR) is 81.0 cm³/mol. The lowest BCUT2D eigenvalue weighted by Crippen LogP contribution is -2.43. The van der Waals surface area contributed by atoms with E-state index in [0.29, 0.717) is 18.9 Å². The Morgan fingerprint density at radius 2 is 2.29 bits per heavy atom. The highest BCUT2D eigenvalue weighted by atomic mass is 32.1. The Bertz CT molecular complexity index is 630. The molecule has 0 aromatic carbocycles.